The summed E-state index contributed by atoms with van der Waals surface area (Å²) in [7, 11) is 0. The van der Waals surface area contributed by atoms with E-state index in [0.717, 1.165) is 37.1 Å². The van der Waals surface area contributed by atoms with Crippen LogP contribution in [0.25, 0.3) is 39.4 Å². The number of hydrogen-bond donors (Lipinski definition) is 5. The summed E-state index contributed by atoms with van der Waals surface area (Å²) in [6.45, 7) is 7.85. The Morgan fingerprint density at radius 3 is 2.49 bits per heavy atom. The third-order valence-corrected chi connectivity index (χ3v) is 15.1. The number of aromatic hydroxyl groups is 2. The number of rotatable bonds is 8. The predicted molar refractivity (Wildman–Crippen MR) is 246 cm³/mol. The molecule has 18 nitrogen and oxygen atoms in total. The van der Waals surface area contributed by atoms with Gasteiger partial charge in [0, 0.05) is 53.7 Å². The summed E-state index contributed by atoms with van der Waals surface area (Å²) in [6.07, 6.45) is 1.80. The lowest BCUT2D eigenvalue weighted by molar-refractivity contribution is -0.172. The number of halogens is 1. The number of nitrogens with one attached hydrogen (secondary N) is 2. The number of nitrogens with zero attached hydrogens (tertiary/aromatic N) is 6. The van der Waals surface area contributed by atoms with Crippen molar-refractivity contribution in [2.24, 2.45) is 5.41 Å². The average molecular weight is 941 g/mol. The van der Waals surface area contributed by atoms with Crippen molar-refractivity contribution < 1.29 is 43.6 Å². The highest BCUT2D eigenvalue weighted by Gasteiger charge is 2.48. The van der Waals surface area contributed by atoms with Gasteiger partial charge in [-0.3, -0.25) is 14.5 Å². The monoisotopic (exact) mass is 940 g/mol. The minimum absolute atomic E-state index is 0.0207. The van der Waals surface area contributed by atoms with Gasteiger partial charge in [0.2, 0.25) is 0 Å². The lowest BCUT2D eigenvalue weighted by Crippen LogP contribution is -2.62. The van der Waals surface area contributed by atoms with Crippen molar-refractivity contribution in [1.29, 1.82) is 0 Å². The fourth-order valence-electron chi connectivity index (χ4n) is 11.1. The van der Waals surface area contributed by atoms with Crippen LogP contribution in [0.5, 0.6) is 11.5 Å². The van der Waals surface area contributed by atoms with Crippen molar-refractivity contribution in [2.45, 2.75) is 84.2 Å². The number of likely N-dealkylation sites (tertiary alicyclic amines) is 2. The summed E-state index contributed by atoms with van der Waals surface area (Å²) in [5.41, 5.74) is 3.49. The van der Waals surface area contributed by atoms with Crippen LogP contribution in [0.15, 0.2) is 58.1 Å². The SMILES string of the molecule is CC[C@@]1(O)C(=O)OCc2c1cc1n(c2=O)Cc2c-1nc1cc(F)c(C)c3c1c2C(NC(=O)OCC(=O)N1CC2(CCN(Cc4ccc(-n5c(-c6cc(C)c(O)cc6O)n[nH]c5=O)cc4)CC2)C1)CC3. The number of carbonyl (C=O) groups excluding carboxylic acids is 3. The van der Waals surface area contributed by atoms with Gasteiger partial charge in [-0.25, -0.2) is 33.4 Å². The molecule has 1 aliphatic carbocycles. The van der Waals surface area contributed by atoms with Gasteiger partial charge in [0.1, 0.15) is 23.9 Å². The van der Waals surface area contributed by atoms with E-state index in [1.54, 1.807) is 37.8 Å². The number of phenols is 2. The summed E-state index contributed by atoms with van der Waals surface area (Å²) in [6, 6.07) is 12.7. The number of H-pyrrole nitrogens is 1. The third-order valence-electron chi connectivity index (χ3n) is 15.1. The molecule has 3 aromatic heterocycles. The minimum Gasteiger partial charge on any atom is -0.508 e. The highest BCUT2D eigenvalue weighted by molar-refractivity contribution is 5.94. The lowest BCUT2D eigenvalue weighted by atomic mass is 9.72. The number of aryl methyl sites for hydroxylation is 2. The second-order valence-corrected chi connectivity index (χ2v) is 19.2. The van der Waals surface area contributed by atoms with E-state index in [-0.39, 0.29) is 59.3 Å². The number of aliphatic hydroxyl groups is 1. The predicted octanol–water partition coefficient (Wildman–Crippen LogP) is 4.63. The maximum absolute atomic E-state index is 15.4. The number of alkyl carbamates (subject to hydrolysis) is 1. The standard InChI is InChI=1S/C50H49FN8O10/c1-4-50(67)33-16-37-43-31(20-58(37)45(63)32(33)21-68-46(50)64)42-35(10-9-29-26(3)34(51)17-36(52-43)41(29)42)53-48(66)69-22-40(62)57-23-49(24-57)11-13-56(14-12-49)19-27-5-7-28(8-6-27)59-44(54-55-47(59)65)30-15-25(2)38(60)18-39(30)61/h5-8,15-18,35,60-61,67H,4,9-14,19-24H2,1-3H3,(H,53,66)(H,55,65)/t35?,50-/m0/s1. The molecule has 19 heteroatoms. The van der Waals surface area contributed by atoms with Gasteiger partial charge in [0.15, 0.2) is 18.0 Å². The first-order chi connectivity index (χ1) is 33.1. The Balaban J connectivity index is 0.721. The zero-order valence-corrected chi connectivity index (χ0v) is 38.1. The van der Waals surface area contributed by atoms with Crippen LogP contribution in [0.2, 0.25) is 0 Å². The number of ether oxygens (including phenoxy) is 2. The van der Waals surface area contributed by atoms with Gasteiger partial charge in [0.25, 0.3) is 11.5 Å². The Morgan fingerprint density at radius 2 is 1.75 bits per heavy atom. The van der Waals surface area contributed by atoms with Crippen LogP contribution in [0.3, 0.4) is 0 Å². The van der Waals surface area contributed by atoms with Gasteiger partial charge < -0.3 is 39.6 Å². The largest absolute Gasteiger partial charge is 0.508 e. The van der Waals surface area contributed by atoms with Crippen molar-refractivity contribution >= 4 is 28.9 Å². The van der Waals surface area contributed by atoms with E-state index in [4.69, 9.17) is 14.5 Å². The maximum atomic E-state index is 15.4. The lowest BCUT2D eigenvalue weighted by Gasteiger charge is -2.54. The number of hydrogen-bond acceptors (Lipinski definition) is 13. The van der Waals surface area contributed by atoms with Gasteiger partial charge in [0.05, 0.1) is 46.3 Å². The number of phenolic OH excluding ortho intramolecular Hbond substituents is 2. The van der Waals surface area contributed by atoms with Crippen molar-refractivity contribution in [2.75, 3.05) is 32.8 Å². The molecule has 356 valence electrons. The number of benzene rings is 3. The van der Waals surface area contributed by atoms with E-state index < -0.39 is 47.4 Å². The van der Waals surface area contributed by atoms with Crippen molar-refractivity contribution in [1.82, 2.24) is 39.4 Å². The summed E-state index contributed by atoms with van der Waals surface area (Å²) < 4.78 is 29.0. The first-order valence-corrected chi connectivity index (χ1v) is 23.1. The second kappa shape index (κ2) is 16.1. The van der Waals surface area contributed by atoms with E-state index in [2.05, 4.69) is 20.4 Å². The van der Waals surface area contributed by atoms with Gasteiger partial charge in [-0.05, 0) is 111 Å². The fourth-order valence-corrected chi connectivity index (χ4v) is 11.1. The highest BCUT2D eigenvalue weighted by Crippen LogP contribution is 2.46. The molecular weight excluding hydrogens is 892 g/mol. The molecule has 3 aromatic carbocycles. The summed E-state index contributed by atoms with van der Waals surface area (Å²) in [4.78, 5) is 75.3. The Hall–Kier alpha value is -7.38. The summed E-state index contributed by atoms with van der Waals surface area (Å²) >= 11 is 0. The first-order valence-electron chi connectivity index (χ1n) is 23.1. The quantitative estimate of drug-likeness (QED) is 0.131. The summed E-state index contributed by atoms with van der Waals surface area (Å²) in [5, 5.41) is 42.1. The molecule has 2 saturated heterocycles. The van der Waals surface area contributed by atoms with Crippen LogP contribution in [0.1, 0.15) is 83.2 Å². The van der Waals surface area contributed by atoms with Crippen molar-refractivity contribution in [3.63, 3.8) is 0 Å². The molecule has 5 N–H and O–H groups in total. The van der Waals surface area contributed by atoms with Crippen molar-refractivity contribution in [3.05, 3.63) is 120 Å². The van der Waals surface area contributed by atoms with E-state index in [9.17, 15) is 39.3 Å². The molecule has 5 aliphatic rings. The van der Waals surface area contributed by atoms with Crippen LogP contribution < -0.4 is 16.6 Å². The number of fused-ring (bicyclic) bond motifs is 5. The van der Waals surface area contributed by atoms with Crippen LogP contribution in [-0.2, 0) is 50.8 Å². The number of aromatic nitrogens is 5. The smallest absolute Gasteiger partial charge is 0.408 e. The van der Waals surface area contributed by atoms with Crippen molar-refractivity contribution in [3.8, 4) is 40.0 Å². The molecule has 11 rings (SSSR count). The van der Waals surface area contributed by atoms with Gasteiger partial charge in [-0.2, -0.15) is 5.10 Å². The van der Waals surface area contributed by atoms with Crippen LogP contribution in [-0.4, -0.2) is 100 Å². The molecule has 1 unspecified atom stereocenters. The Kier molecular flexibility index (Phi) is 10.3. The molecule has 1 spiro atoms. The van der Waals surface area contributed by atoms with Gasteiger partial charge in [-0.15, -0.1) is 0 Å². The Bertz CT molecular complexity index is 3310. The van der Waals surface area contributed by atoms with E-state index in [1.165, 1.54) is 21.3 Å². The molecular formula is C50H49FN8O10. The van der Waals surface area contributed by atoms with E-state index in [0.29, 0.717) is 88.3 Å². The van der Waals surface area contributed by atoms with E-state index >= 15 is 4.39 Å². The number of amides is 2. The molecule has 4 aliphatic heterocycles. The number of esters is 1. The van der Waals surface area contributed by atoms with Gasteiger partial charge in [-0.1, -0.05) is 19.1 Å². The van der Waals surface area contributed by atoms with Gasteiger partial charge >= 0.3 is 17.8 Å². The second-order valence-electron chi connectivity index (χ2n) is 19.2. The average Bonchev–Trinajstić information content (AvgIpc) is 3.90. The topological polar surface area (TPSA) is 234 Å². The number of aromatic amines is 1. The Morgan fingerprint density at radius 1 is 1.00 bits per heavy atom. The fraction of sp³-hybridized carbons (Fsp3) is 0.380. The molecule has 2 atom stereocenters. The molecule has 0 saturated carbocycles. The molecule has 2 amide bonds. The zero-order chi connectivity index (χ0) is 48.3. The van der Waals surface area contributed by atoms with Crippen LogP contribution >= 0.6 is 0 Å². The van der Waals surface area contributed by atoms with Crippen LogP contribution in [0.4, 0.5) is 9.18 Å². The molecule has 6 aromatic rings. The molecule has 2 fully saturated rings. The van der Waals surface area contributed by atoms with E-state index in [1.807, 2.05) is 24.3 Å². The maximum Gasteiger partial charge on any atom is 0.408 e. The minimum atomic E-state index is -2.02. The first kappa shape index (κ1) is 44.1. The highest BCUT2D eigenvalue weighted by atomic mass is 19.1. The molecule has 69 heavy (non-hydrogen) atoms. The Labute approximate surface area is 392 Å². The number of carbonyl (C=O) groups is 3. The molecule has 0 radical (unpaired) electrons. The molecule has 7 heterocycles. The summed E-state index contributed by atoms with van der Waals surface area (Å²) in [5.74, 6) is -1.62. The number of pyridine rings is 2. The third kappa shape index (κ3) is 7.07. The molecule has 0 bridgehead atoms. The zero-order valence-electron chi connectivity index (χ0n) is 38.1. The number of piperidine rings is 1. The van der Waals surface area contributed by atoms with Crippen LogP contribution in [0, 0.1) is 25.1 Å². The normalized spacial score (nSPS) is 20.0. The number of cyclic esters (lactones) is 1.